The summed E-state index contributed by atoms with van der Waals surface area (Å²) in [4.78, 5) is 20.3. The Hall–Kier alpha value is -2.44. The number of rotatable bonds is 4. The van der Waals surface area contributed by atoms with Crippen LogP contribution in [0.25, 0.3) is 0 Å². The minimum absolute atomic E-state index is 0.143. The number of benzene rings is 1. The third-order valence-electron chi connectivity index (χ3n) is 4.46. The van der Waals surface area contributed by atoms with Gasteiger partial charge in [0.15, 0.2) is 17.5 Å². The molecule has 1 amide bonds. The van der Waals surface area contributed by atoms with Gasteiger partial charge in [0.2, 0.25) is 12.7 Å². The highest BCUT2D eigenvalue weighted by Crippen LogP contribution is 2.32. The lowest BCUT2D eigenvalue weighted by Gasteiger charge is -2.36. The Labute approximate surface area is 148 Å². The van der Waals surface area contributed by atoms with Crippen molar-refractivity contribution in [2.45, 2.75) is 20.3 Å². The predicted molar refractivity (Wildman–Crippen MR) is 96.1 cm³/mol. The minimum Gasteiger partial charge on any atom is -0.454 e. The Morgan fingerprint density at radius 1 is 1.16 bits per heavy atom. The highest BCUT2D eigenvalue weighted by Gasteiger charge is 2.20. The van der Waals surface area contributed by atoms with E-state index in [2.05, 4.69) is 23.2 Å². The van der Waals surface area contributed by atoms with E-state index in [-0.39, 0.29) is 5.91 Å². The van der Waals surface area contributed by atoms with E-state index in [9.17, 15) is 4.79 Å². The zero-order chi connectivity index (χ0) is 17.6. The van der Waals surface area contributed by atoms with E-state index in [0.717, 1.165) is 56.6 Å². The van der Waals surface area contributed by atoms with Gasteiger partial charge in [-0.3, -0.25) is 9.79 Å². The lowest BCUT2D eigenvalue weighted by molar-refractivity contribution is -0.130. The molecule has 0 aliphatic carbocycles. The van der Waals surface area contributed by atoms with Gasteiger partial charge >= 0.3 is 0 Å². The van der Waals surface area contributed by atoms with Gasteiger partial charge in [0.05, 0.1) is 0 Å². The summed E-state index contributed by atoms with van der Waals surface area (Å²) in [5.74, 6) is 2.69. The smallest absolute Gasteiger partial charge is 0.231 e. The second-order valence-corrected chi connectivity index (χ2v) is 6.17. The number of amides is 1. The molecule has 1 aromatic carbocycles. The van der Waals surface area contributed by atoms with Crippen molar-refractivity contribution in [3.8, 4) is 11.5 Å². The van der Waals surface area contributed by atoms with E-state index in [0.29, 0.717) is 13.3 Å². The third kappa shape index (κ3) is 4.35. The van der Waals surface area contributed by atoms with E-state index in [1.807, 2.05) is 17.0 Å². The van der Waals surface area contributed by atoms with E-state index >= 15 is 0 Å². The van der Waals surface area contributed by atoms with Gasteiger partial charge in [-0.25, -0.2) is 0 Å². The summed E-state index contributed by atoms with van der Waals surface area (Å²) in [7, 11) is 0. The molecule has 2 heterocycles. The predicted octanol–water partition coefficient (Wildman–Crippen LogP) is 1.09. The van der Waals surface area contributed by atoms with Crippen LogP contribution in [0.1, 0.15) is 19.4 Å². The molecule has 0 atom stereocenters. The van der Waals surface area contributed by atoms with Gasteiger partial charge in [-0.05, 0) is 31.0 Å². The standard InChI is InChI=1S/C18H26N4O3/c1-3-19-18(22-10-8-21(9-11-22)14(2)23)20-7-6-15-4-5-16-17(12-15)25-13-24-16/h4-5,12H,3,6-11,13H2,1-2H3,(H,19,20). The molecular formula is C18H26N4O3. The molecule has 25 heavy (non-hydrogen) atoms. The lowest BCUT2D eigenvalue weighted by atomic mass is 10.1. The van der Waals surface area contributed by atoms with Gasteiger partial charge in [0.1, 0.15) is 0 Å². The molecule has 2 aliphatic heterocycles. The second kappa shape index (κ2) is 8.09. The van der Waals surface area contributed by atoms with Crippen LogP contribution in [0, 0.1) is 0 Å². The Balaban J connectivity index is 1.56. The summed E-state index contributed by atoms with van der Waals surface area (Å²) in [5, 5.41) is 3.35. The van der Waals surface area contributed by atoms with Crippen molar-refractivity contribution in [2.75, 3.05) is 46.1 Å². The van der Waals surface area contributed by atoms with Crippen LogP contribution in [0.3, 0.4) is 0 Å². The summed E-state index contributed by atoms with van der Waals surface area (Å²) >= 11 is 0. The van der Waals surface area contributed by atoms with Crippen LogP contribution < -0.4 is 14.8 Å². The average molecular weight is 346 g/mol. The van der Waals surface area contributed by atoms with Crippen molar-refractivity contribution in [1.82, 2.24) is 15.1 Å². The molecule has 1 N–H and O–H groups in total. The Morgan fingerprint density at radius 3 is 2.60 bits per heavy atom. The zero-order valence-electron chi connectivity index (χ0n) is 15.0. The van der Waals surface area contributed by atoms with Crippen LogP contribution in [0.2, 0.25) is 0 Å². The van der Waals surface area contributed by atoms with Crippen molar-refractivity contribution in [1.29, 1.82) is 0 Å². The lowest BCUT2D eigenvalue weighted by Crippen LogP contribution is -2.53. The first-order valence-electron chi connectivity index (χ1n) is 8.84. The molecule has 1 aromatic rings. The monoisotopic (exact) mass is 346 g/mol. The molecule has 0 aromatic heterocycles. The maximum atomic E-state index is 11.5. The number of ether oxygens (including phenoxy) is 2. The number of carbonyl (C=O) groups excluding carboxylic acids is 1. The summed E-state index contributed by atoms with van der Waals surface area (Å²) in [6, 6.07) is 6.03. The normalized spacial score (nSPS) is 17.0. The van der Waals surface area contributed by atoms with E-state index in [4.69, 9.17) is 14.5 Å². The maximum Gasteiger partial charge on any atom is 0.231 e. The summed E-state index contributed by atoms with van der Waals surface area (Å²) < 4.78 is 10.8. The average Bonchev–Trinajstić information content (AvgIpc) is 3.09. The molecule has 0 saturated carbocycles. The third-order valence-corrected chi connectivity index (χ3v) is 4.46. The number of guanidine groups is 1. The molecule has 7 nitrogen and oxygen atoms in total. The van der Waals surface area contributed by atoms with Crippen molar-refractivity contribution >= 4 is 11.9 Å². The summed E-state index contributed by atoms with van der Waals surface area (Å²) in [5.41, 5.74) is 1.19. The minimum atomic E-state index is 0.143. The molecule has 7 heteroatoms. The maximum absolute atomic E-state index is 11.5. The number of nitrogens with one attached hydrogen (secondary N) is 1. The van der Waals surface area contributed by atoms with E-state index in [1.54, 1.807) is 6.92 Å². The topological polar surface area (TPSA) is 66.4 Å². The van der Waals surface area contributed by atoms with Crippen molar-refractivity contribution in [3.05, 3.63) is 23.8 Å². The molecular weight excluding hydrogens is 320 g/mol. The molecule has 0 bridgehead atoms. The number of hydrogen-bond donors (Lipinski definition) is 1. The van der Waals surface area contributed by atoms with Gasteiger partial charge in [0, 0.05) is 46.2 Å². The quantitative estimate of drug-likeness (QED) is 0.653. The van der Waals surface area contributed by atoms with Crippen molar-refractivity contribution in [2.24, 2.45) is 4.99 Å². The zero-order valence-corrected chi connectivity index (χ0v) is 15.0. The SMILES string of the molecule is CCNC(=NCCc1ccc2c(c1)OCO2)N1CCN(C(C)=O)CC1. The second-order valence-electron chi connectivity index (χ2n) is 6.17. The fraction of sp³-hybridized carbons (Fsp3) is 0.556. The van der Waals surface area contributed by atoms with Gasteiger partial charge in [0.25, 0.3) is 0 Å². The highest BCUT2D eigenvalue weighted by atomic mass is 16.7. The first-order valence-corrected chi connectivity index (χ1v) is 8.84. The molecule has 0 radical (unpaired) electrons. The van der Waals surface area contributed by atoms with Crippen LogP contribution >= 0.6 is 0 Å². The van der Waals surface area contributed by atoms with E-state index < -0.39 is 0 Å². The number of carbonyl (C=O) groups is 1. The summed E-state index contributed by atoms with van der Waals surface area (Å²) in [6.07, 6.45) is 0.846. The molecule has 0 spiro atoms. The first kappa shape index (κ1) is 17.4. The Bertz CT molecular complexity index is 639. The number of fused-ring (bicyclic) bond motifs is 1. The largest absolute Gasteiger partial charge is 0.454 e. The van der Waals surface area contributed by atoms with Gasteiger partial charge in [-0.2, -0.15) is 0 Å². The van der Waals surface area contributed by atoms with Gasteiger partial charge in [-0.1, -0.05) is 6.07 Å². The Kier molecular flexibility index (Phi) is 5.63. The fourth-order valence-corrected chi connectivity index (χ4v) is 3.05. The van der Waals surface area contributed by atoms with Crippen LogP contribution in [-0.2, 0) is 11.2 Å². The molecule has 2 aliphatic rings. The molecule has 136 valence electrons. The van der Waals surface area contributed by atoms with Crippen LogP contribution in [0.5, 0.6) is 11.5 Å². The Morgan fingerprint density at radius 2 is 1.88 bits per heavy atom. The van der Waals surface area contributed by atoms with Crippen LogP contribution in [-0.4, -0.2) is 67.7 Å². The van der Waals surface area contributed by atoms with E-state index in [1.165, 1.54) is 5.56 Å². The highest BCUT2D eigenvalue weighted by molar-refractivity contribution is 5.80. The molecule has 1 fully saturated rings. The first-order chi connectivity index (χ1) is 12.2. The van der Waals surface area contributed by atoms with Crippen LogP contribution in [0.4, 0.5) is 0 Å². The van der Waals surface area contributed by atoms with Gasteiger partial charge < -0.3 is 24.6 Å². The van der Waals surface area contributed by atoms with Crippen molar-refractivity contribution < 1.29 is 14.3 Å². The molecule has 3 rings (SSSR count). The number of nitrogens with zero attached hydrogens (tertiary/aromatic N) is 3. The molecule has 1 saturated heterocycles. The fourth-order valence-electron chi connectivity index (χ4n) is 3.05. The van der Waals surface area contributed by atoms with Crippen molar-refractivity contribution in [3.63, 3.8) is 0 Å². The number of hydrogen-bond acceptors (Lipinski definition) is 4. The van der Waals surface area contributed by atoms with Crippen LogP contribution in [0.15, 0.2) is 23.2 Å². The number of aliphatic imine (C=N–C) groups is 1. The molecule has 0 unspecified atom stereocenters. The number of piperazine rings is 1. The van der Waals surface area contributed by atoms with Gasteiger partial charge in [-0.15, -0.1) is 0 Å². The summed E-state index contributed by atoms with van der Waals surface area (Å²) in [6.45, 7) is 8.66.